The molecule has 0 amide bonds. The van der Waals surface area contributed by atoms with Crippen LogP contribution in [-0.4, -0.2) is 75.8 Å². The Bertz CT molecular complexity index is 181. The third-order valence-electron chi connectivity index (χ3n) is 2.91. The van der Waals surface area contributed by atoms with Gasteiger partial charge in [0, 0.05) is 46.4 Å². The van der Waals surface area contributed by atoms with E-state index in [1.807, 2.05) is 0 Å². The molecule has 0 radical (unpaired) electrons. The third-order valence-corrected chi connectivity index (χ3v) is 2.91. The molecule has 102 valence electrons. The van der Waals surface area contributed by atoms with Crippen molar-refractivity contribution < 1.29 is 14.6 Å². The normalized spacial score (nSPS) is 17.6. The number of hydrogen-bond donors (Lipinski definition) is 2. The molecule has 1 aliphatic carbocycles. The molecule has 1 fully saturated rings. The smallest absolute Gasteiger partial charge is 0.0791 e. The Balaban J connectivity index is 2.13. The summed E-state index contributed by atoms with van der Waals surface area (Å²) < 4.78 is 10.1. The summed E-state index contributed by atoms with van der Waals surface area (Å²) in [5.74, 6) is 0. The molecule has 0 spiro atoms. The zero-order chi connectivity index (χ0) is 12.5. The van der Waals surface area contributed by atoms with Crippen molar-refractivity contribution in [2.75, 3.05) is 53.6 Å². The first-order chi connectivity index (χ1) is 8.26. The fourth-order valence-corrected chi connectivity index (χ4v) is 1.69. The Morgan fingerprint density at radius 1 is 1.24 bits per heavy atom. The molecule has 5 heteroatoms. The van der Waals surface area contributed by atoms with Crippen LogP contribution in [0.3, 0.4) is 0 Å². The van der Waals surface area contributed by atoms with Crippen molar-refractivity contribution in [3.05, 3.63) is 0 Å². The van der Waals surface area contributed by atoms with E-state index in [0.29, 0.717) is 32.3 Å². The van der Waals surface area contributed by atoms with E-state index in [9.17, 15) is 5.11 Å². The molecule has 5 nitrogen and oxygen atoms in total. The van der Waals surface area contributed by atoms with Gasteiger partial charge < -0.3 is 19.9 Å². The number of aliphatic hydroxyl groups is 1. The molecule has 1 saturated carbocycles. The number of methoxy groups -OCH3 is 2. The molecule has 17 heavy (non-hydrogen) atoms. The van der Waals surface area contributed by atoms with Gasteiger partial charge in [-0.1, -0.05) is 0 Å². The summed E-state index contributed by atoms with van der Waals surface area (Å²) in [6, 6.07) is 0.649. The molecule has 2 N–H and O–H groups in total. The lowest BCUT2D eigenvalue weighted by Gasteiger charge is -2.24. The summed E-state index contributed by atoms with van der Waals surface area (Å²) in [4.78, 5) is 2.17. The van der Waals surface area contributed by atoms with Gasteiger partial charge in [-0.05, 0) is 12.8 Å². The maximum atomic E-state index is 9.91. The van der Waals surface area contributed by atoms with Crippen LogP contribution in [0.4, 0.5) is 0 Å². The van der Waals surface area contributed by atoms with Gasteiger partial charge in [0.1, 0.15) is 0 Å². The molecule has 1 unspecified atom stereocenters. The Labute approximate surface area is 104 Å². The zero-order valence-corrected chi connectivity index (χ0v) is 11.0. The molecule has 1 rings (SSSR count). The average Bonchev–Trinajstić information content (AvgIpc) is 3.14. The minimum absolute atomic E-state index is 0.315. The molecule has 0 aromatic carbocycles. The van der Waals surface area contributed by atoms with Crippen molar-refractivity contribution in [3.63, 3.8) is 0 Å². The van der Waals surface area contributed by atoms with E-state index in [1.54, 1.807) is 14.2 Å². The van der Waals surface area contributed by atoms with Crippen molar-refractivity contribution in [2.24, 2.45) is 0 Å². The van der Waals surface area contributed by atoms with Crippen LogP contribution in [-0.2, 0) is 9.47 Å². The van der Waals surface area contributed by atoms with Gasteiger partial charge in [-0.3, -0.25) is 4.90 Å². The van der Waals surface area contributed by atoms with Gasteiger partial charge in [-0.2, -0.15) is 0 Å². The molecule has 0 heterocycles. The second kappa shape index (κ2) is 8.83. The molecule has 0 aromatic rings. The van der Waals surface area contributed by atoms with Crippen LogP contribution in [0.25, 0.3) is 0 Å². The van der Waals surface area contributed by atoms with Crippen molar-refractivity contribution >= 4 is 0 Å². The van der Waals surface area contributed by atoms with Gasteiger partial charge in [0.15, 0.2) is 0 Å². The molecule has 0 bridgehead atoms. The molecule has 0 aromatic heterocycles. The van der Waals surface area contributed by atoms with Crippen molar-refractivity contribution in [3.8, 4) is 0 Å². The summed E-state index contributed by atoms with van der Waals surface area (Å²) >= 11 is 0. The summed E-state index contributed by atoms with van der Waals surface area (Å²) in [5.41, 5.74) is 0. The second-order valence-corrected chi connectivity index (χ2v) is 4.62. The number of hydrogen-bond acceptors (Lipinski definition) is 5. The number of rotatable bonds is 11. The highest BCUT2D eigenvalue weighted by atomic mass is 16.5. The highest BCUT2D eigenvalue weighted by Gasteiger charge is 2.21. The van der Waals surface area contributed by atoms with Gasteiger partial charge in [-0.25, -0.2) is 0 Å². The average molecular weight is 246 g/mol. The van der Waals surface area contributed by atoms with E-state index in [-0.39, 0.29) is 6.10 Å². The standard InChI is InChI=1S/C12H26N2O3/c1-16-7-5-14(6-8-17-2)10-12(15)9-13-11-3-4-11/h11-13,15H,3-10H2,1-2H3. The maximum absolute atomic E-state index is 9.91. The number of ether oxygens (including phenoxy) is 2. The first-order valence-electron chi connectivity index (χ1n) is 6.38. The van der Waals surface area contributed by atoms with Crippen LogP contribution in [0.15, 0.2) is 0 Å². The Morgan fingerprint density at radius 2 is 1.82 bits per heavy atom. The molecule has 0 saturated heterocycles. The van der Waals surface area contributed by atoms with Gasteiger partial charge in [0.05, 0.1) is 19.3 Å². The fourth-order valence-electron chi connectivity index (χ4n) is 1.69. The molecule has 0 aliphatic heterocycles. The second-order valence-electron chi connectivity index (χ2n) is 4.62. The Morgan fingerprint density at radius 3 is 2.29 bits per heavy atom. The largest absolute Gasteiger partial charge is 0.390 e. The highest BCUT2D eigenvalue weighted by molar-refractivity contribution is 4.82. The molecular formula is C12H26N2O3. The fraction of sp³-hybridized carbons (Fsp3) is 1.00. The van der Waals surface area contributed by atoms with E-state index in [4.69, 9.17) is 9.47 Å². The lowest BCUT2D eigenvalue weighted by atomic mass is 10.3. The van der Waals surface area contributed by atoms with Gasteiger partial charge in [0.25, 0.3) is 0 Å². The van der Waals surface area contributed by atoms with Crippen LogP contribution in [0.1, 0.15) is 12.8 Å². The summed E-state index contributed by atoms with van der Waals surface area (Å²) in [6.45, 7) is 4.40. The first kappa shape index (κ1) is 14.9. The van der Waals surface area contributed by atoms with Crippen molar-refractivity contribution in [2.45, 2.75) is 25.0 Å². The molecule has 1 atom stereocenters. The third kappa shape index (κ3) is 7.68. The van der Waals surface area contributed by atoms with E-state index in [0.717, 1.165) is 13.1 Å². The Hall–Kier alpha value is -0.200. The van der Waals surface area contributed by atoms with E-state index >= 15 is 0 Å². The maximum Gasteiger partial charge on any atom is 0.0791 e. The quantitative estimate of drug-likeness (QED) is 0.524. The lowest BCUT2D eigenvalue weighted by molar-refractivity contribution is 0.0695. The van der Waals surface area contributed by atoms with Crippen molar-refractivity contribution in [1.82, 2.24) is 10.2 Å². The van der Waals surface area contributed by atoms with Crippen molar-refractivity contribution in [1.29, 1.82) is 0 Å². The summed E-state index contributed by atoms with van der Waals surface area (Å²) in [5, 5.41) is 13.2. The van der Waals surface area contributed by atoms with Crippen LogP contribution in [0, 0.1) is 0 Å². The van der Waals surface area contributed by atoms with E-state index < -0.39 is 0 Å². The van der Waals surface area contributed by atoms with Crippen LogP contribution < -0.4 is 5.32 Å². The number of nitrogens with zero attached hydrogens (tertiary/aromatic N) is 1. The zero-order valence-electron chi connectivity index (χ0n) is 11.0. The van der Waals surface area contributed by atoms with Crippen LogP contribution in [0.5, 0.6) is 0 Å². The van der Waals surface area contributed by atoms with Crippen LogP contribution >= 0.6 is 0 Å². The van der Waals surface area contributed by atoms with E-state index in [2.05, 4.69) is 10.2 Å². The monoisotopic (exact) mass is 246 g/mol. The predicted octanol–water partition coefficient (Wildman–Crippen LogP) is -0.306. The summed E-state index contributed by atoms with van der Waals surface area (Å²) in [6.07, 6.45) is 2.19. The van der Waals surface area contributed by atoms with Gasteiger partial charge >= 0.3 is 0 Å². The topological polar surface area (TPSA) is 54.0 Å². The SMILES string of the molecule is COCCN(CCOC)CC(O)CNC1CC1. The Kier molecular flexibility index (Phi) is 7.72. The predicted molar refractivity (Wildman–Crippen MR) is 67.2 cm³/mol. The van der Waals surface area contributed by atoms with Gasteiger partial charge in [0.2, 0.25) is 0 Å². The minimum atomic E-state index is -0.315. The van der Waals surface area contributed by atoms with E-state index in [1.165, 1.54) is 12.8 Å². The highest BCUT2D eigenvalue weighted by Crippen LogP contribution is 2.18. The van der Waals surface area contributed by atoms with Crippen LogP contribution in [0.2, 0.25) is 0 Å². The number of nitrogens with one attached hydrogen (secondary N) is 1. The number of aliphatic hydroxyl groups excluding tert-OH is 1. The first-order valence-corrected chi connectivity index (χ1v) is 6.38. The van der Waals surface area contributed by atoms with Gasteiger partial charge in [-0.15, -0.1) is 0 Å². The molecule has 1 aliphatic rings. The minimum Gasteiger partial charge on any atom is -0.390 e. The molecular weight excluding hydrogens is 220 g/mol. The summed E-state index contributed by atoms with van der Waals surface area (Å²) in [7, 11) is 3.39. The lowest BCUT2D eigenvalue weighted by Crippen LogP contribution is -2.41.